The lowest BCUT2D eigenvalue weighted by atomic mass is 9.67. The maximum absolute atomic E-state index is 5.78. The van der Waals surface area contributed by atoms with Gasteiger partial charge < -0.3 is 9.47 Å². The molecule has 3 aromatic heterocycles. The molecule has 0 radical (unpaired) electrons. The third-order valence-corrected chi connectivity index (χ3v) is 15.4. The standard InChI is InChI=1S/C63H40N4O2/c1-68-55-25-23-47-44-22-20-35(29-51(44)46-16-10-18-50(55)58(46)47)39-27-37-31-53-59(66-61(37)64-33-39)60-54(63(53,41-11-5-3-6-12-41)42-13-7-4-8-14-42)32-38-28-40(34-65-62(38)67-60)36-19-21-43-45-15-9-17-49-56(69-2)26-24-48(57(45)49)52(43)30-36/h3-27,29-34,40H,28H2,1-2H3. The van der Waals surface area contributed by atoms with E-state index < -0.39 is 5.41 Å². The van der Waals surface area contributed by atoms with Crippen LogP contribution in [0.15, 0.2) is 187 Å². The third kappa shape index (κ3) is 5.20. The summed E-state index contributed by atoms with van der Waals surface area (Å²) >= 11 is 0. The molecule has 11 aromatic rings. The first-order chi connectivity index (χ1) is 34.1. The second-order valence-electron chi connectivity index (χ2n) is 18.7. The normalized spacial score (nSPS) is 15.0. The predicted octanol–water partition coefficient (Wildman–Crippen LogP) is 14.7. The van der Waals surface area contributed by atoms with Crippen molar-refractivity contribution in [2.45, 2.75) is 17.8 Å². The highest BCUT2D eigenvalue weighted by atomic mass is 16.5. The summed E-state index contributed by atoms with van der Waals surface area (Å²) in [6, 6.07) is 64.1. The molecule has 4 aliphatic rings. The van der Waals surface area contributed by atoms with Crippen LogP contribution in [0.1, 0.15) is 39.3 Å². The van der Waals surface area contributed by atoms with Gasteiger partial charge in [0.25, 0.3) is 0 Å². The average Bonchev–Trinajstić information content (AvgIpc) is 4.01. The van der Waals surface area contributed by atoms with Crippen molar-refractivity contribution < 1.29 is 9.47 Å². The van der Waals surface area contributed by atoms with E-state index in [1.165, 1.54) is 60.8 Å². The van der Waals surface area contributed by atoms with Crippen molar-refractivity contribution in [2.24, 2.45) is 4.99 Å². The van der Waals surface area contributed by atoms with Crippen LogP contribution in [-0.4, -0.2) is 35.4 Å². The molecule has 1 atom stereocenters. The zero-order valence-electron chi connectivity index (χ0n) is 37.8. The molecule has 1 aliphatic heterocycles. The van der Waals surface area contributed by atoms with Gasteiger partial charge in [0.15, 0.2) is 11.5 Å². The molecular weight excluding hydrogens is 845 g/mol. The summed E-state index contributed by atoms with van der Waals surface area (Å²) < 4.78 is 11.6. The van der Waals surface area contributed by atoms with Gasteiger partial charge >= 0.3 is 0 Å². The highest BCUT2D eigenvalue weighted by molar-refractivity contribution is 6.18. The molecule has 0 amide bonds. The third-order valence-electron chi connectivity index (χ3n) is 15.4. The van der Waals surface area contributed by atoms with Crippen molar-refractivity contribution in [3.63, 3.8) is 0 Å². The van der Waals surface area contributed by atoms with E-state index >= 15 is 0 Å². The summed E-state index contributed by atoms with van der Waals surface area (Å²) in [5.74, 6) is 2.60. The maximum Gasteiger partial charge on any atom is 0.159 e. The van der Waals surface area contributed by atoms with E-state index in [0.29, 0.717) is 5.65 Å². The van der Waals surface area contributed by atoms with Crippen molar-refractivity contribution in [3.05, 3.63) is 216 Å². The minimum absolute atomic E-state index is 0.0687. The fraction of sp³-hybridized carbons (Fsp3) is 0.0794. The second kappa shape index (κ2) is 14.1. The molecular formula is C63H40N4O2. The van der Waals surface area contributed by atoms with E-state index in [1.807, 2.05) is 6.20 Å². The molecule has 0 saturated carbocycles. The fourth-order valence-electron chi connectivity index (χ4n) is 12.4. The summed E-state index contributed by atoms with van der Waals surface area (Å²) in [6.07, 6.45) is 4.83. The van der Waals surface area contributed by atoms with E-state index in [0.717, 1.165) is 90.2 Å². The Morgan fingerprint density at radius 3 is 1.78 bits per heavy atom. The Kier molecular flexibility index (Phi) is 7.87. The van der Waals surface area contributed by atoms with Gasteiger partial charge in [0.1, 0.15) is 11.5 Å². The van der Waals surface area contributed by atoms with Crippen LogP contribution >= 0.6 is 0 Å². The number of aromatic nitrogens is 3. The van der Waals surface area contributed by atoms with Crippen LogP contribution in [0, 0.1) is 0 Å². The first-order valence-corrected chi connectivity index (χ1v) is 23.6. The lowest BCUT2D eigenvalue weighted by Gasteiger charge is -2.34. The SMILES string of the molecule is COc1ccc2c3c(cccc13)-c1cc(-c3cnc4nc5c(cc4c3)C(c3ccccc3)(c3ccccc3)c3cc4c(nc3-5)N=CC(c3ccc5c(c3)-c3ccc(OC)c6cccc-5c36)C4)ccc1-2. The molecule has 0 bridgehead atoms. The molecule has 4 heterocycles. The van der Waals surface area contributed by atoms with Crippen LogP contribution in [0.25, 0.3) is 99.6 Å². The van der Waals surface area contributed by atoms with E-state index in [2.05, 4.69) is 182 Å². The number of benzene rings is 8. The maximum atomic E-state index is 5.78. The van der Waals surface area contributed by atoms with Gasteiger partial charge in [0, 0.05) is 56.4 Å². The van der Waals surface area contributed by atoms with Crippen LogP contribution in [0.3, 0.4) is 0 Å². The minimum atomic E-state index is -0.707. The number of nitrogens with zero attached hydrogens (tertiary/aromatic N) is 4. The van der Waals surface area contributed by atoms with E-state index in [9.17, 15) is 0 Å². The zero-order valence-corrected chi connectivity index (χ0v) is 37.8. The number of ether oxygens (including phenoxy) is 2. The van der Waals surface area contributed by atoms with E-state index in [1.54, 1.807) is 14.2 Å². The number of aliphatic imine (C=N–C) groups is 1. The molecule has 1 unspecified atom stereocenters. The van der Waals surface area contributed by atoms with Gasteiger partial charge in [-0.25, -0.2) is 19.9 Å². The minimum Gasteiger partial charge on any atom is -0.496 e. The van der Waals surface area contributed by atoms with Gasteiger partial charge in [0.2, 0.25) is 0 Å². The fourth-order valence-corrected chi connectivity index (χ4v) is 12.4. The molecule has 0 saturated heterocycles. The summed E-state index contributed by atoms with van der Waals surface area (Å²) in [5.41, 5.74) is 20.6. The van der Waals surface area contributed by atoms with E-state index in [4.69, 9.17) is 29.4 Å². The van der Waals surface area contributed by atoms with Gasteiger partial charge in [-0.2, -0.15) is 0 Å². The Bertz CT molecular complexity index is 4050. The van der Waals surface area contributed by atoms with Crippen LogP contribution in [0.5, 0.6) is 11.5 Å². The summed E-state index contributed by atoms with van der Waals surface area (Å²) in [4.78, 5) is 21.2. The second-order valence-corrected chi connectivity index (χ2v) is 18.7. The van der Waals surface area contributed by atoms with E-state index in [-0.39, 0.29) is 5.92 Å². The van der Waals surface area contributed by atoms with Gasteiger partial charge in [0.05, 0.1) is 31.0 Å². The largest absolute Gasteiger partial charge is 0.496 e. The van der Waals surface area contributed by atoms with Gasteiger partial charge in [-0.1, -0.05) is 133 Å². The molecule has 6 heteroatoms. The van der Waals surface area contributed by atoms with Crippen molar-refractivity contribution in [1.29, 1.82) is 0 Å². The number of fused-ring (bicyclic) bond motifs is 11. The van der Waals surface area contributed by atoms with Crippen LogP contribution in [0.4, 0.5) is 5.82 Å². The lowest BCUT2D eigenvalue weighted by Crippen LogP contribution is -2.29. The van der Waals surface area contributed by atoms with Crippen molar-refractivity contribution in [1.82, 2.24) is 15.0 Å². The molecule has 8 aromatic carbocycles. The van der Waals surface area contributed by atoms with Crippen LogP contribution < -0.4 is 9.47 Å². The summed E-state index contributed by atoms with van der Waals surface area (Å²) in [7, 11) is 3.49. The molecule has 3 aliphatic carbocycles. The topological polar surface area (TPSA) is 69.5 Å². The highest BCUT2D eigenvalue weighted by Crippen LogP contribution is 2.58. The quantitative estimate of drug-likeness (QED) is 0.166. The number of hydrogen-bond donors (Lipinski definition) is 0. The van der Waals surface area contributed by atoms with Crippen LogP contribution in [0.2, 0.25) is 0 Å². The Morgan fingerprint density at radius 2 is 1.09 bits per heavy atom. The summed E-state index contributed by atoms with van der Waals surface area (Å²) in [6.45, 7) is 0. The molecule has 0 N–H and O–H groups in total. The number of methoxy groups -OCH3 is 2. The molecule has 69 heavy (non-hydrogen) atoms. The lowest BCUT2D eigenvalue weighted by molar-refractivity contribution is 0.420. The number of rotatable bonds is 6. The Balaban J connectivity index is 0.866. The van der Waals surface area contributed by atoms with Crippen molar-refractivity contribution in [3.8, 4) is 78.5 Å². The van der Waals surface area contributed by atoms with Gasteiger partial charge in [-0.15, -0.1) is 0 Å². The Hall–Kier alpha value is -8.74. The monoisotopic (exact) mass is 884 g/mol. The highest BCUT2D eigenvalue weighted by Gasteiger charge is 2.49. The van der Waals surface area contributed by atoms with Crippen LogP contribution in [-0.2, 0) is 11.8 Å². The van der Waals surface area contributed by atoms with Crippen molar-refractivity contribution >= 4 is 44.6 Å². The first kappa shape index (κ1) is 38.4. The molecule has 6 nitrogen and oxygen atoms in total. The predicted molar refractivity (Wildman–Crippen MR) is 278 cm³/mol. The first-order valence-electron chi connectivity index (χ1n) is 23.6. The Labute approximate surface area is 398 Å². The number of pyridine rings is 3. The van der Waals surface area contributed by atoms with Crippen molar-refractivity contribution in [2.75, 3.05) is 14.2 Å². The molecule has 15 rings (SSSR count). The molecule has 0 spiro atoms. The Morgan fingerprint density at radius 1 is 0.493 bits per heavy atom. The zero-order chi connectivity index (χ0) is 45.5. The smallest absolute Gasteiger partial charge is 0.159 e. The van der Waals surface area contributed by atoms with Gasteiger partial charge in [-0.3, -0.25) is 0 Å². The average molecular weight is 885 g/mol. The molecule has 0 fully saturated rings. The summed E-state index contributed by atoms with van der Waals surface area (Å²) in [5, 5.41) is 5.74. The molecule has 324 valence electrons. The number of hydrogen-bond acceptors (Lipinski definition) is 6. The van der Waals surface area contributed by atoms with Gasteiger partial charge in [-0.05, 0) is 127 Å².